The number of ether oxygens (including phenoxy) is 1. The van der Waals surface area contributed by atoms with Crippen LogP contribution in [0.15, 0.2) is 77.7 Å². The Labute approximate surface area is 346 Å². The second-order valence-corrected chi connectivity index (χ2v) is 16.6. The molecule has 0 radical (unpaired) electrons. The van der Waals surface area contributed by atoms with Crippen molar-refractivity contribution in [2.75, 3.05) is 30.7 Å². The molecule has 3 aromatic carbocycles. The van der Waals surface area contributed by atoms with Crippen molar-refractivity contribution in [3.8, 4) is 22.8 Å². The number of nitrogens with two attached hydrogens (primary N) is 1. The van der Waals surface area contributed by atoms with E-state index in [1.807, 2.05) is 70.2 Å². The van der Waals surface area contributed by atoms with Crippen molar-refractivity contribution in [2.24, 2.45) is 11.7 Å². The van der Waals surface area contributed by atoms with Crippen LogP contribution in [0.4, 0.5) is 5.82 Å². The summed E-state index contributed by atoms with van der Waals surface area (Å²) >= 11 is 1.51. The number of amides is 6. The number of carbonyl (C=O) groups is 6. The highest BCUT2D eigenvalue weighted by molar-refractivity contribution is 7.99. The summed E-state index contributed by atoms with van der Waals surface area (Å²) in [7, 11) is 0. The molecule has 4 aliphatic rings. The number of nitrogens with zero attached hydrogens (tertiary/aromatic N) is 4. The number of imide groups is 2. The van der Waals surface area contributed by atoms with Crippen molar-refractivity contribution in [3.05, 3.63) is 89.5 Å². The van der Waals surface area contributed by atoms with Gasteiger partial charge >= 0.3 is 0 Å². The van der Waals surface area contributed by atoms with Crippen LogP contribution >= 0.6 is 11.8 Å². The number of para-hydroxylation sites is 1. The fourth-order valence-corrected chi connectivity index (χ4v) is 9.78. The number of thioether (sulfide) groups is 1. The number of nitrogens with one attached hydrogen (secondary N) is 2. The molecule has 2 unspecified atom stereocenters. The highest BCUT2D eigenvalue weighted by Gasteiger charge is 2.45. The van der Waals surface area contributed by atoms with E-state index in [1.54, 1.807) is 12.1 Å². The molecule has 0 bridgehead atoms. The van der Waals surface area contributed by atoms with Crippen molar-refractivity contribution in [1.29, 1.82) is 0 Å². The van der Waals surface area contributed by atoms with Crippen molar-refractivity contribution in [3.63, 3.8) is 0 Å². The van der Waals surface area contributed by atoms with E-state index in [9.17, 15) is 28.8 Å². The molecule has 0 spiro atoms. The molecule has 2 saturated heterocycles. The Hall–Kier alpha value is -5.96. The lowest BCUT2D eigenvalue weighted by Crippen LogP contribution is -2.54. The maximum Gasteiger partial charge on any atom is 0.263 e. The van der Waals surface area contributed by atoms with Crippen LogP contribution in [0, 0.1) is 5.92 Å². The van der Waals surface area contributed by atoms with E-state index in [0.717, 1.165) is 66.9 Å². The molecule has 5 heterocycles. The molecular weight excluding hydrogens is 771 g/mol. The molecule has 8 rings (SSSR count). The minimum absolute atomic E-state index is 0.0775. The molecule has 4 N–H and O–H groups in total. The molecule has 1 aromatic heterocycles. The summed E-state index contributed by atoms with van der Waals surface area (Å²) in [4.78, 5) is 80.3. The van der Waals surface area contributed by atoms with Gasteiger partial charge in [-0.25, -0.2) is 4.68 Å². The summed E-state index contributed by atoms with van der Waals surface area (Å²) in [6.07, 6.45) is 6.75. The first kappa shape index (κ1) is 39.8. The number of benzene rings is 3. The normalized spacial score (nSPS) is 19.3. The van der Waals surface area contributed by atoms with E-state index in [0.29, 0.717) is 65.3 Å². The SMILES string of the molecule is NC(=O)c1c(-c2ccc(Oc3ccccc3)cc2)nn2c1NCCC2C1CCN(C(=O)CCCCCCSc2cccc3c2C(=O)N(C2CCC(=O)NC2=O)C3=O)CC1. The summed E-state index contributed by atoms with van der Waals surface area (Å²) in [5.41, 5.74) is 8.24. The zero-order valence-corrected chi connectivity index (χ0v) is 33.5. The van der Waals surface area contributed by atoms with Gasteiger partial charge in [0.2, 0.25) is 17.7 Å². The van der Waals surface area contributed by atoms with Crippen molar-refractivity contribution >= 4 is 53.0 Å². The Balaban J connectivity index is 0.790. The summed E-state index contributed by atoms with van der Waals surface area (Å²) < 4.78 is 7.90. The molecule has 2 atom stereocenters. The second kappa shape index (κ2) is 17.5. The molecule has 0 saturated carbocycles. The van der Waals surface area contributed by atoms with Gasteiger partial charge in [-0.1, -0.05) is 37.1 Å². The smallest absolute Gasteiger partial charge is 0.263 e. The van der Waals surface area contributed by atoms with Crippen LogP contribution in [0.2, 0.25) is 0 Å². The minimum Gasteiger partial charge on any atom is -0.457 e. The van der Waals surface area contributed by atoms with Gasteiger partial charge in [0.1, 0.15) is 34.6 Å². The first-order valence-corrected chi connectivity index (χ1v) is 21.4. The number of hydrogen-bond donors (Lipinski definition) is 3. The monoisotopic (exact) mass is 817 g/mol. The van der Waals surface area contributed by atoms with E-state index in [1.165, 1.54) is 11.8 Å². The second-order valence-electron chi connectivity index (χ2n) is 15.5. The Kier molecular flexibility index (Phi) is 11.8. The Morgan fingerprint density at radius 1 is 0.831 bits per heavy atom. The molecule has 6 amide bonds. The van der Waals surface area contributed by atoms with Gasteiger partial charge in [-0.15, -0.1) is 11.8 Å². The van der Waals surface area contributed by atoms with Gasteiger partial charge < -0.3 is 20.7 Å². The maximum absolute atomic E-state index is 13.4. The zero-order chi connectivity index (χ0) is 41.0. The van der Waals surface area contributed by atoms with E-state index in [-0.39, 0.29) is 30.4 Å². The van der Waals surface area contributed by atoms with Crippen molar-refractivity contribution in [1.82, 2.24) is 24.9 Å². The Morgan fingerprint density at radius 3 is 2.32 bits per heavy atom. The lowest BCUT2D eigenvalue weighted by Gasteiger charge is -2.38. The molecule has 306 valence electrons. The zero-order valence-electron chi connectivity index (χ0n) is 32.7. The Morgan fingerprint density at radius 2 is 1.58 bits per heavy atom. The van der Waals surface area contributed by atoms with Crippen LogP contribution in [0.5, 0.6) is 11.5 Å². The molecule has 0 aliphatic carbocycles. The standard InChI is InChI=1S/C44H47N7O7S/c45-40(54)38-39(28-14-16-30(17-15-28)58-29-9-4-3-5-10-29)48-51-32(20-23-46-41(38)51)27-21-24-49(25-22-27)36(53)13-6-1-2-7-26-59-34-12-8-11-31-37(34)44(57)50(43(31)56)33-18-19-35(52)47-42(33)55/h3-5,8-12,14-17,27,32-33,46H,1-2,6-7,13,18-26H2,(H2,45,54)(H,47,52,55). The number of likely N-dealkylation sites (tertiary alicyclic amines) is 1. The highest BCUT2D eigenvalue weighted by atomic mass is 32.2. The summed E-state index contributed by atoms with van der Waals surface area (Å²) in [6, 6.07) is 21.3. The maximum atomic E-state index is 13.4. The lowest BCUT2D eigenvalue weighted by molar-refractivity contribution is -0.136. The third kappa shape index (κ3) is 8.33. The van der Waals surface area contributed by atoms with Gasteiger partial charge in [-0.05, 0) is 98.7 Å². The van der Waals surface area contributed by atoms with Gasteiger partial charge in [-0.2, -0.15) is 5.10 Å². The molecule has 14 nitrogen and oxygen atoms in total. The number of piperidine rings is 2. The van der Waals surface area contributed by atoms with E-state index in [4.69, 9.17) is 15.6 Å². The predicted molar refractivity (Wildman–Crippen MR) is 221 cm³/mol. The number of carbonyl (C=O) groups excluding carboxylic acids is 6. The number of anilines is 1. The fourth-order valence-electron chi connectivity index (χ4n) is 8.69. The number of primary amides is 1. The van der Waals surface area contributed by atoms with Gasteiger partial charge in [0, 0.05) is 42.9 Å². The minimum atomic E-state index is -0.990. The molecule has 2 fully saturated rings. The van der Waals surface area contributed by atoms with Gasteiger partial charge in [0.15, 0.2) is 0 Å². The molecule has 4 aromatic rings. The number of hydrogen-bond acceptors (Lipinski definition) is 10. The topological polar surface area (TPSA) is 186 Å². The Bertz CT molecular complexity index is 2270. The molecular formula is C44H47N7O7S. The van der Waals surface area contributed by atoms with Crippen LogP contribution in [-0.4, -0.2) is 86.5 Å². The third-order valence-corrected chi connectivity index (χ3v) is 12.9. The molecule has 59 heavy (non-hydrogen) atoms. The van der Waals surface area contributed by atoms with Crippen LogP contribution in [0.1, 0.15) is 101 Å². The first-order valence-electron chi connectivity index (χ1n) is 20.4. The van der Waals surface area contributed by atoms with Crippen LogP contribution in [-0.2, 0) is 14.4 Å². The quantitative estimate of drug-likeness (QED) is 0.0754. The number of fused-ring (bicyclic) bond motifs is 2. The summed E-state index contributed by atoms with van der Waals surface area (Å²) in [5.74, 6) is 0.707. The van der Waals surface area contributed by atoms with Gasteiger partial charge in [0.25, 0.3) is 17.7 Å². The average Bonchev–Trinajstić information content (AvgIpc) is 3.76. The third-order valence-electron chi connectivity index (χ3n) is 11.7. The predicted octanol–water partition coefficient (Wildman–Crippen LogP) is 6.18. The van der Waals surface area contributed by atoms with Crippen molar-refractivity contribution < 1.29 is 33.5 Å². The van der Waals surface area contributed by atoms with Crippen LogP contribution in [0.3, 0.4) is 0 Å². The van der Waals surface area contributed by atoms with Crippen LogP contribution < -0.4 is 21.1 Å². The van der Waals surface area contributed by atoms with Crippen LogP contribution in [0.25, 0.3) is 11.3 Å². The number of aromatic nitrogens is 2. The van der Waals surface area contributed by atoms with E-state index in [2.05, 4.69) is 10.6 Å². The highest BCUT2D eigenvalue weighted by Crippen LogP contribution is 2.41. The fraction of sp³-hybridized carbons (Fsp3) is 0.386. The first-order chi connectivity index (χ1) is 28.7. The van der Waals surface area contributed by atoms with Gasteiger partial charge in [-0.3, -0.25) is 39.0 Å². The molecule has 4 aliphatic heterocycles. The van der Waals surface area contributed by atoms with E-state index >= 15 is 0 Å². The van der Waals surface area contributed by atoms with E-state index < -0.39 is 35.6 Å². The summed E-state index contributed by atoms with van der Waals surface area (Å²) in [6.45, 7) is 2.07. The van der Waals surface area contributed by atoms with Crippen molar-refractivity contribution in [2.45, 2.75) is 81.2 Å². The largest absolute Gasteiger partial charge is 0.457 e. The molecule has 15 heteroatoms. The average molecular weight is 818 g/mol. The number of unbranched alkanes of at least 4 members (excludes halogenated alkanes) is 3. The van der Waals surface area contributed by atoms with Gasteiger partial charge in [0.05, 0.1) is 17.2 Å². The summed E-state index contributed by atoms with van der Waals surface area (Å²) in [5, 5.41) is 10.6. The lowest BCUT2D eigenvalue weighted by atomic mass is 9.86. The number of rotatable bonds is 14.